The van der Waals surface area contributed by atoms with Gasteiger partial charge in [0.05, 0.1) is 5.75 Å². The van der Waals surface area contributed by atoms with E-state index in [1.165, 1.54) is 0 Å². The van der Waals surface area contributed by atoms with Crippen LogP contribution in [-0.4, -0.2) is 28.9 Å². The molecule has 3 nitrogen and oxygen atoms in total. The SMILES string of the molecule is CC(C)(C)OC(=O)CSCCC1CCCC1=O. The summed E-state index contributed by atoms with van der Waals surface area (Å²) in [6.45, 7) is 5.60. The van der Waals surface area contributed by atoms with Gasteiger partial charge in [0.2, 0.25) is 0 Å². The van der Waals surface area contributed by atoms with Crippen molar-refractivity contribution in [2.24, 2.45) is 5.92 Å². The Balaban J connectivity index is 2.08. The number of hydrogen-bond donors (Lipinski definition) is 0. The summed E-state index contributed by atoms with van der Waals surface area (Å²) in [7, 11) is 0. The molecule has 0 aromatic rings. The Hall–Kier alpha value is -0.510. The van der Waals surface area contributed by atoms with Gasteiger partial charge in [0.15, 0.2) is 0 Å². The molecule has 1 atom stereocenters. The third kappa shape index (κ3) is 6.10. The number of carbonyl (C=O) groups is 2. The topological polar surface area (TPSA) is 43.4 Å². The summed E-state index contributed by atoms with van der Waals surface area (Å²) < 4.78 is 5.20. The zero-order chi connectivity index (χ0) is 12.9. The molecule has 1 aliphatic carbocycles. The number of ether oxygens (including phenoxy) is 1. The van der Waals surface area contributed by atoms with E-state index in [0.717, 1.165) is 31.4 Å². The van der Waals surface area contributed by atoms with E-state index in [2.05, 4.69) is 0 Å². The van der Waals surface area contributed by atoms with Crippen molar-refractivity contribution in [2.75, 3.05) is 11.5 Å². The smallest absolute Gasteiger partial charge is 0.316 e. The van der Waals surface area contributed by atoms with Gasteiger partial charge in [-0.1, -0.05) is 0 Å². The number of Topliss-reactive ketones (excluding diaryl/α,β-unsaturated/α-hetero) is 1. The maximum Gasteiger partial charge on any atom is 0.316 e. The van der Waals surface area contributed by atoms with Crippen LogP contribution in [-0.2, 0) is 14.3 Å². The molecular weight excluding hydrogens is 236 g/mol. The Morgan fingerprint density at radius 1 is 1.47 bits per heavy atom. The molecule has 0 aromatic carbocycles. The van der Waals surface area contributed by atoms with Crippen molar-refractivity contribution in [3.8, 4) is 0 Å². The van der Waals surface area contributed by atoms with E-state index < -0.39 is 5.60 Å². The molecule has 98 valence electrons. The standard InChI is InChI=1S/C13H22O3S/c1-13(2,3)16-12(15)9-17-8-7-10-5-4-6-11(10)14/h10H,4-9H2,1-3H3. The zero-order valence-electron chi connectivity index (χ0n) is 11.0. The first-order valence-electron chi connectivity index (χ1n) is 6.21. The van der Waals surface area contributed by atoms with Crippen LogP contribution in [0.2, 0.25) is 0 Å². The summed E-state index contributed by atoms with van der Waals surface area (Å²) in [5.74, 6) is 1.75. The van der Waals surface area contributed by atoms with Gasteiger partial charge in [0.25, 0.3) is 0 Å². The highest BCUT2D eigenvalue weighted by atomic mass is 32.2. The fourth-order valence-corrected chi connectivity index (χ4v) is 2.77. The molecule has 0 heterocycles. The normalized spacial score (nSPS) is 20.6. The summed E-state index contributed by atoms with van der Waals surface area (Å²) in [5.41, 5.74) is -0.404. The molecule has 0 spiro atoms. The third-order valence-electron chi connectivity index (χ3n) is 2.68. The van der Waals surface area contributed by atoms with Gasteiger partial charge in [0.1, 0.15) is 11.4 Å². The van der Waals surface area contributed by atoms with Crippen molar-refractivity contribution in [1.29, 1.82) is 0 Å². The molecule has 1 saturated carbocycles. The van der Waals surface area contributed by atoms with Crippen molar-refractivity contribution >= 4 is 23.5 Å². The molecule has 0 aliphatic heterocycles. The first kappa shape index (κ1) is 14.6. The van der Waals surface area contributed by atoms with Crippen LogP contribution < -0.4 is 0 Å². The van der Waals surface area contributed by atoms with E-state index in [-0.39, 0.29) is 11.9 Å². The van der Waals surface area contributed by atoms with Crippen LogP contribution in [0, 0.1) is 5.92 Å². The van der Waals surface area contributed by atoms with E-state index in [1.807, 2.05) is 20.8 Å². The molecule has 1 rings (SSSR count). The molecule has 0 aromatic heterocycles. The highest BCUT2D eigenvalue weighted by Crippen LogP contribution is 2.25. The minimum Gasteiger partial charge on any atom is -0.459 e. The van der Waals surface area contributed by atoms with Crippen LogP contribution in [0.5, 0.6) is 0 Å². The van der Waals surface area contributed by atoms with Crippen molar-refractivity contribution < 1.29 is 14.3 Å². The molecule has 4 heteroatoms. The molecule has 1 aliphatic rings. The van der Waals surface area contributed by atoms with Crippen LogP contribution in [0.25, 0.3) is 0 Å². The number of hydrogen-bond acceptors (Lipinski definition) is 4. The molecular formula is C13H22O3S. The summed E-state index contributed by atoms with van der Waals surface area (Å²) in [6.07, 6.45) is 3.74. The Kier molecular flexibility index (Phi) is 5.50. The number of thioether (sulfide) groups is 1. The first-order chi connectivity index (χ1) is 7.88. The van der Waals surface area contributed by atoms with Crippen molar-refractivity contribution in [1.82, 2.24) is 0 Å². The molecule has 17 heavy (non-hydrogen) atoms. The largest absolute Gasteiger partial charge is 0.459 e. The predicted octanol–water partition coefficient (Wildman–Crippen LogP) is 2.82. The molecule has 1 unspecified atom stereocenters. The third-order valence-corrected chi connectivity index (χ3v) is 3.65. The summed E-state index contributed by atoms with van der Waals surface area (Å²) in [6, 6.07) is 0. The van der Waals surface area contributed by atoms with Gasteiger partial charge in [-0.25, -0.2) is 0 Å². The van der Waals surface area contributed by atoms with Gasteiger partial charge in [-0.3, -0.25) is 9.59 Å². The minimum absolute atomic E-state index is 0.166. The Morgan fingerprint density at radius 2 is 2.18 bits per heavy atom. The van der Waals surface area contributed by atoms with Crippen molar-refractivity contribution in [3.05, 3.63) is 0 Å². The number of ketones is 1. The summed E-state index contributed by atoms with van der Waals surface area (Å²) in [4.78, 5) is 22.8. The highest BCUT2D eigenvalue weighted by molar-refractivity contribution is 7.99. The van der Waals surface area contributed by atoms with Gasteiger partial charge >= 0.3 is 5.97 Å². The maximum absolute atomic E-state index is 11.4. The van der Waals surface area contributed by atoms with Gasteiger partial charge in [-0.15, -0.1) is 0 Å². The van der Waals surface area contributed by atoms with Crippen LogP contribution in [0.4, 0.5) is 0 Å². The molecule has 0 radical (unpaired) electrons. The first-order valence-corrected chi connectivity index (χ1v) is 7.36. The summed E-state index contributed by atoms with van der Waals surface area (Å²) >= 11 is 1.56. The van der Waals surface area contributed by atoms with Crippen molar-refractivity contribution in [2.45, 2.75) is 52.1 Å². The minimum atomic E-state index is -0.404. The lowest BCUT2D eigenvalue weighted by Crippen LogP contribution is -2.25. The van der Waals surface area contributed by atoms with E-state index in [1.54, 1.807) is 11.8 Å². The van der Waals surface area contributed by atoms with Gasteiger partial charge in [-0.2, -0.15) is 11.8 Å². The monoisotopic (exact) mass is 258 g/mol. The number of carbonyl (C=O) groups excluding carboxylic acids is 2. The van der Waals surface area contributed by atoms with Crippen LogP contribution in [0.1, 0.15) is 46.5 Å². The van der Waals surface area contributed by atoms with Gasteiger partial charge in [-0.05, 0) is 45.8 Å². The summed E-state index contributed by atoms with van der Waals surface area (Å²) in [5, 5.41) is 0. The second-order valence-corrected chi connectivity index (χ2v) is 6.59. The highest BCUT2D eigenvalue weighted by Gasteiger charge is 2.23. The molecule has 0 saturated heterocycles. The average Bonchev–Trinajstić information content (AvgIpc) is 2.56. The van der Waals surface area contributed by atoms with E-state index in [9.17, 15) is 9.59 Å². The number of rotatable bonds is 5. The predicted molar refractivity (Wildman–Crippen MR) is 70.1 cm³/mol. The second-order valence-electron chi connectivity index (χ2n) is 5.48. The van der Waals surface area contributed by atoms with E-state index >= 15 is 0 Å². The molecule has 0 bridgehead atoms. The van der Waals surface area contributed by atoms with E-state index in [0.29, 0.717) is 11.5 Å². The fourth-order valence-electron chi connectivity index (χ4n) is 1.95. The quantitative estimate of drug-likeness (QED) is 0.562. The van der Waals surface area contributed by atoms with Crippen LogP contribution in [0.15, 0.2) is 0 Å². The molecule has 0 N–H and O–H groups in total. The zero-order valence-corrected chi connectivity index (χ0v) is 11.8. The molecule has 1 fully saturated rings. The Labute approximate surface area is 108 Å². The number of esters is 1. The van der Waals surface area contributed by atoms with Crippen molar-refractivity contribution in [3.63, 3.8) is 0 Å². The lowest BCUT2D eigenvalue weighted by molar-refractivity contribution is -0.151. The average molecular weight is 258 g/mol. The molecule has 0 amide bonds. The van der Waals surface area contributed by atoms with E-state index in [4.69, 9.17) is 4.74 Å². The lowest BCUT2D eigenvalue weighted by Gasteiger charge is -2.19. The van der Waals surface area contributed by atoms with Crippen LogP contribution in [0.3, 0.4) is 0 Å². The van der Waals surface area contributed by atoms with Crippen LogP contribution >= 0.6 is 11.8 Å². The second kappa shape index (κ2) is 6.43. The Bertz CT molecular complexity index is 281. The van der Waals surface area contributed by atoms with Gasteiger partial charge in [0, 0.05) is 12.3 Å². The Morgan fingerprint density at radius 3 is 2.71 bits per heavy atom. The fraction of sp³-hybridized carbons (Fsp3) is 0.846. The lowest BCUT2D eigenvalue weighted by atomic mass is 10.1. The maximum atomic E-state index is 11.4. The van der Waals surface area contributed by atoms with Gasteiger partial charge < -0.3 is 4.74 Å².